The lowest BCUT2D eigenvalue weighted by Crippen LogP contribution is -2.41. The normalized spacial score (nSPS) is 12.8. The summed E-state index contributed by atoms with van der Waals surface area (Å²) in [6, 6.07) is 20.8. The molecular weight excluding hydrogens is 468 g/mol. The van der Waals surface area contributed by atoms with Crippen LogP contribution >= 0.6 is 11.6 Å². The Morgan fingerprint density at radius 2 is 1.62 bits per heavy atom. The predicted molar refractivity (Wildman–Crippen MR) is 139 cm³/mol. The van der Waals surface area contributed by atoms with Crippen molar-refractivity contribution in [3.05, 3.63) is 94.5 Å². The number of rotatable bonds is 7. The van der Waals surface area contributed by atoms with Crippen LogP contribution in [0, 0.1) is 6.92 Å². The Bertz CT molecular complexity index is 1250. The Hall–Kier alpha value is -2.83. The molecule has 0 aliphatic carbocycles. The van der Waals surface area contributed by atoms with E-state index in [2.05, 4.69) is 38.2 Å². The fourth-order valence-corrected chi connectivity index (χ4v) is 5.15. The Morgan fingerprint density at radius 3 is 2.18 bits per heavy atom. The summed E-state index contributed by atoms with van der Waals surface area (Å²) in [6.45, 7) is 9.77. The van der Waals surface area contributed by atoms with Crippen LogP contribution < -0.4 is 9.62 Å². The van der Waals surface area contributed by atoms with Gasteiger partial charge in [0.1, 0.15) is 6.54 Å². The van der Waals surface area contributed by atoms with Crippen molar-refractivity contribution >= 4 is 33.2 Å². The summed E-state index contributed by atoms with van der Waals surface area (Å²) in [7, 11) is -3.99. The van der Waals surface area contributed by atoms with E-state index in [4.69, 9.17) is 11.6 Å². The van der Waals surface area contributed by atoms with Crippen LogP contribution in [-0.2, 0) is 20.2 Å². The van der Waals surface area contributed by atoms with Gasteiger partial charge in [0.05, 0.1) is 16.6 Å². The molecule has 3 rings (SSSR count). The van der Waals surface area contributed by atoms with E-state index in [1.54, 1.807) is 36.4 Å². The molecule has 1 atom stereocenters. The van der Waals surface area contributed by atoms with E-state index in [1.165, 1.54) is 17.7 Å². The largest absolute Gasteiger partial charge is 0.348 e. The number of amides is 1. The first kappa shape index (κ1) is 25.8. The molecule has 0 aliphatic rings. The highest BCUT2D eigenvalue weighted by Crippen LogP contribution is 2.28. The third-order valence-electron chi connectivity index (χ3n) is 5.72. The van der Waals surface area contributed by atoms with Gasteiger partial charge in [0.2, 0.25) is 5.91 Å². The molecule has 0 heterocycles. The van der Waals surface area contributed by atoms with Crippen LogP contribution in [0.2, 0.25) is 5.02 Å². The number of carbonyl (C=O) groups excluding carboxylic acids is 1. The standard InChI is InChI=1S/C27H31ClN2O3S/c1-19-11-16-23(17-25(19)28)30(34(32,33)24-9-7-6-8-10-24)18-26(31)29-20(2)21-12-14-22(15-13-21)27(3,4)5/h6-17,20H,18H2,1-5H3,(H,29,31)/t20-/m0/s1. The lowest BCUT2D eigenvalue weighted by molar-refractivity contribution is -0.120. The van der Waals surface area contributed by atoms with Crippen LogP contribution in [0.3, 0.4) is 0 Å². The molecule has 0 fully saturated rings. The van der Waals surface area contributed by atoms with Gasteiger partial charge in [-0.3, -0.25) is 9.10 Å². The number of anilines is 1. The molecule has 0 bridgehead atoms. The molecule has 0 spiro atoms. The van der Waals surface area contributed by atoms with Gasteiger partial charge in [-0.2, -0.15) is 0 Å². The molecule has 3 aromatic rings. The lowest BCUT2D eigenvalue weighted by atomic mass is 9.86. The maximum absolute atomic E-state index is 13.5. The zero-order valence-electron chi connectivity index (χ0n) is 20.2. The van der Waals surface area contributed by atoms with Gasteiger partial charge < -0.3 is 5.32 Å². The first-order valence-corrected chi connectivity index (χ1v) is 12.9. The SMILES string of the molecule is Cc1ccc(N(CC(=O)N[C@@H](C)c2ccc(C(C)(C)C)cc2)S(=O)(=O)c2ccccc2)cc1Cl. The van der Waals surface area contributed by atoms with Crippen LogP contribution in [0.15, 0.2) is 77.7 Å². The minimum absolute atomic E-state index is 0.0344. The molecule has 1 N–H and O–H groups in total. The number of aryl methyl sites for hydroxylation is 1. The van der Waals surface area contributed by atoms with E-state index in [0.29, 0.717) is 10.7 Å². The molecule has 0 radical (unpaired) electrons. The second-order valence-corrected chi connectivity index (χ2v) is 11.7. The fourth-order valence-electron chi connectivity index (χ4n) is 3.54. The summed E-state index contributed by atoms with van der Waals surface area (Å²) >= 11 is 6.28. The van der Waals surface area contributed by atoms with Crippen LogP contribution in [0.4, 0.5) is 5.69 Å². The lowest BCUT2D eigenvalue weighted by Gasteiger charge is -2.26. The summed E-state index contributed by atoms with van der Waals surface area (Å²) in [5, 5.41) is 3.36. The molecule has 1 amide bonds. The number of benzene rings is 3. The number of hydrogen-bond acceptors (Lipinski definition) is 3. The third-order valence-corrected chi connectivity index (χ3v) is 7.91. The average molecular weight is 499 g/mol. The monoisotopic (exact) mass is 498 g/mol. The van der Waals surface area contributed by atoms with Crippen molar-refractivity contribution in [1.82, 2.24) is 5.32 Å². The van der Waals surface area contributed by atoms with Gasteiger partial charge in [-0.15, -0.1) is 0 Å². The summed E-state index contributed by atoms with van der Waals surface area (Å²) < 4.78 is 28.0. The molecule has 34 heavy (non-hydrogen) atoms. The maximum Gasteiger partial charge on any atom is 0.264 e. The van der Waals surface area contributed by atoms with E-state index in [9.17, 15) is 13.2 Å². The van der Waals surface area contributed by atoms with E-state index in [1.807, 2.05) is 26.0 Å². The molecule has 7 heteroatoms. The van der Waals surface area contributed by atoms with Crippen LogP contribution in [0.1, 0.15) is 50.4 Å². The van der Waals surface area contributed by atoms with Crippen LogP contribution in [0.25, 0.3) is 0 Å². The van der Waals surface area contributed by atoms with Crippen LogP contribution in [0.5, 0.6) is 0 Å². The highest BCUT2D eigenvalue weighted by molar-refractivity contribution is 7.92. The summed E-state index contributed by atoms with van der Waals surface area (Å²) in [6.07, 6.45) is 0. The molecule has 180 valence electrons. The van der Waals surface area contributed by atoms with Crippen molar-refractivity contribution in [2.45, 2.75) is 51.0 Å². The molecule has 5 nitrogen and oxygen atoms in total. The molecule has 3 aromatic carbocycles. The number of halogens is 1. The average Bonchev–Trinajstić information content (AvgIpc) is 2.79. The van der Waals surface area contributed by atoms with E-state index >= 15 is 0 Å². The summed E-state index contributed by atoms with van der Waals surface area (Å²) in [4.78, 5) is 13.1. The zero-order valence-corrected chi connectivity index (χ0v) is 21.7. The number of nitrogens with one attached hydrogen (secondary N) is 1. The second-order valence-electron chi connectivity index (χ2n) is 9.42. The molecular formula is C27H31ClN2O3S. The Balaban J connectivity index is 1.86. The van der Waals surface area contributed by atoms with Crippen molar-refractivity contribution in [3.63, 3.8) is 0 Å². The third kappa shape index (κ3) is 5.99. The van der Waals surface area contributed by atoms with Gasteiger partial charge in [0.25, 0.3) is 10.0 Å². The molecule has 0 saturated heterocycles. The number of nitrogens with zero attached hydrogens (tertiary/aromatic N) is 1. The van der Waals surface area contributed by atoms with Crippen molar-refractivity contribution in [3.8, 4) is 0 Å². The first-order chi connectivity index (χ1) is 15.9. The molecule has 0 saturated carbocycles. The van der Waals surface area contributed by atoms with Gasteiger partial charge in [-0.1, -0.05) is 80.9 Å². The highest BCUT2D eigenvalue weighted by Gasteiger charge is 2.28. The van der Waals surface area contributed by atoms with Gasteiger partial charge in [-0.05, 0) is 60.2 Å². The minimum atomic E-state index is -3.99. The Labute approximate surface area is 207 Å². The smallest absolute Gasteiger partial charge is 0.264 e. The van der Waals surface area contributed by atoms with Gasteiger partial charge in [0, 0.05) is 5.02 Å². The van der Waals surface area contributed by atoms with Crippen molar-refractivity contribution in [2.75, 3.05) is 10.8 Å². The number of carbonyl (C=O) groups is 1. The quantitative estimate of drug-likeness (QED) is 0.433. The molecule has 0 aromatic heterocycles. The summed E-state index contributed by atoms with van der Waals surface area (Å²) in [5.41, 5.74) is 3.33. The van der Waals surface area contributed by atoms with E-state index < -0.39 is 15.9 Å². The van der Waals surface area contributed by atoms with Crippen LogP contribution in [-0.4, -0.2) is 20.9 Å². The molecule has 0 aliphatic heterocycles. The van der Waals surface area contributed by atoms with Gasteiger partial charge in [-0.25, -0.2) is 8.42 Å². The van der Waals surface area contributed by atoms with E-state index in [0.717, 1.165) is 15.4 Å². The zero-order chi connectivity index (χ0) is 25.1. The Kier molecular flexibility index (Phi) is 7.74. The summed E-state index contributed by atoms with van der Waals surface area (Å²) in [5.74, 6) is -0.413. The van der Waals surface area contributed by atoms with Crippen molar-refractivity contribution in [1.29, 1.82) is 0 Å². The highest BCUT2D eigenvalue weighted by atomic mass is 35.5. The fraction of sp³-hybridized carbons (Fsp3) is 0.296. The first-order valence-electron chi connectivity index (χ1n) is 11.1. The van der Waals surface area contributed by atoms with Gasteiger partial charge >= 0.3 is 0 Å². The minimum Gasteiger partial charge on any atom is -0.348 e. The second kappa shape index (κ2) is 10.2. The molecule has 0 unspecified atom stereocenters. The van der Waals surface area contributed by atoms with Crippen molar-refractivity contribution < 1.29 is 13.2 Å². The van der Waals surface area contributed by atoms with Crippen molar-refractivity contribution in [2.24, 2.45) is 0 Å². The number of hydrogen-bond donors (Lipinski definition) is 1. The maximum atomic E-state index is 13.5. The van der Waals surface area contributed by atoms with Gasteiger partial charge in [0.15, 0.2) is 0 Å². The number of sulfonamides is 1. The predicted octanol–water partition coefficient (Wildman–Crippen LogP) is 6.02. The Morgan fingerprint density at radius 1 is 1.00 bits per heavy atom. The topological polar surface area (TPSA) is 66.5 Å². The van der Waals surface area contributed by atoms with E-state index in [-0.39, 0.29) is 22.9 Å².